The first-order valence-corrected chi connectivity index (χ1v) is 11.8. The summed E-state index contributed by atoms with van der Waals surface area (Å²) in [5, 5.41) is 2.53. The Morgan fingerprint density at radius 3 is 2.07 bits per heavy atom. The maximum atomic E-state index is 14.7. The number of ether oxygens (including phenoxy) is 1. The molecule has 0 saturated carbocycles. The Balaban J connectivity index is 1.98. The van der Waals surface area contributed by atoms with Crippen molar-refractivity contribution >= 4 is 5.91 Å². The van der Waals surface area contributed by atoms with E-state index in [4.69, 9.17) is 4.74 Å². The lowest BCUT2D eigenvalue weighted by Gasteiger charge is -2.37. The van der Waals surface area contributed by atoms with Crippen molar-refractivity contribution in [1.29, 1.82) is 0 Å². The maximum absolute atomic E-state index is 14.7. The number of methoxy groups -OCH3 is 1. The molecule has 4 nitrogen and oxygen atoms in total. The molecule has 0 aliphatic carbocycles. The number of aromatic nitrogens is 1. The number of carbonyl (C=O) groups excluding carboxylic acids is 1. The van der Waals surface area contributed by atoms with Gasteiger partial charge in [0, 0.05) is 29.8 Å². The van der Waals surface area contributed by atoms with E-state index in [1.54, 1.807) is 30.3 Å². The molecule has 0 bridgehead atoms. The van der Waals surface area contributed by atoms with Crippen LogP contribution in [0.15, 0.2) is 85.1 Å². The summed E-state index contributed by atoms with van der Waals surface area (Å²) in [6.45, 7) is 0. The summed E-state index contributed by atoms with van der Waals surface area (Å²) in [6.07, 6.45) is -9.20. The second-order valence-corrected chi connectivity index (χ2v) is 9.03. The molecule has 0 fully saturated rings. The van der Waals surface area contributed by atoms with Gasteiger partial charge in [-0.15, -0.1) is 0 Å². The highest BCUT2D eigenvalue weighted by atomic mass is 19.4. The first kappa shape index (κ1) is 29.5. The first-order chi connectivity index (χ1) is 19.2. The van der Waals surface area contributed by atoms with Crippen LogP contribution in [0, 0.1) is 11.6 Å². The van der Waals surface area contributed by atoms with E-state index in [2.05, 4.69) is 10.3 Å². The van der Waals surface area contributed by atoms with Crippen molar-refractivity contribution < 1.29 is 44.7 Å². The summed E-state index contributed by atoms with van der Waals surface area (Å²) in [5.41, 5.74) is -5.55. The zero-order valence-electron chi connectivity index (χ0n) is 21.1. The summed E-state index contributed by atoms with van der Waals surface area (Å²) in [4.78, 5) is 17.6. The van der Waals surface area contributed by atoms with Gasteiger partial charge in [-0.3, -0.25) is 4.79 Å². The standard InChI is InChI=1S/C29H20F8N2O2/c1-41-25-10-8-19(16-38-25)27(15-17-5-3-2-4-6-17,20-12-21(28(32,33)34)14-22(30)13-20)39-26(40)18-7-9-24(31)23(11-18)29(35,36)37/h2-14,16H,15H2,1H3,(H,39,40). The monoisotopic (exact) mass is 580 g/mol. The van der Waals surface area contributed by atoms with Crippen molar-refractivity contribution in [3.63, 3.8) is 0 Å². The second-order valence-electron chi connectivity index (χ2n) is 9.03. The van der Waals surface area contributed by atoms with Crippen LogP contribution >= 0.6 is 0 Å². The van der Waals surface area contributed by atoms with Gasteiger partial charge < -0.3 is 10.1 Å². The highest BCUT2D eigenvalue weighted by molar-refractivity contribution is 5.95. The van der Waals surface area contributed by atoms with E-state index >= 15 is 0 Å². The SMILES string of the molecule is COc1ccc(C(Cc2ccccc2)(NC(=O)c2ccc(F)c(C(F)(F)F)c2)c2cc(F)cc(C(F)(F)F)c2)cn1. The van der Waals surface area contributed by atoms with E-state index in [0.717, 1.165) is 12.1 Å². The number of halogens is 8. The molecule has 3 aromatic carbocycles. The largest absolute Gasteiger partial charge is 0.481 e. The molecule has 1 amide bonds. The van der Waals surface area contributed by atoms with E-state index in [9.17, 15) is 39.9 Å². The van der Waals surface area contributed by atoms with Crippen molar-refractivity contribution in [2.45, 2.75) is 24.3 Å². The third kappa shape index (κ3) is 6.47. The summed E-state index contributed by atoms with van der Waals surface area (Å²) < 4.78 is 115. The lowest BCUT2D eigenvalue weighted by atomic mass is 9.77. The molecular formula is C29H20F8N2O2. The van der Waals surface area contributed by atoms with E-state index in [1.807, 2.05) is 0 Å². The molecule has 41 heavy (non-hydrogen) atoms. The van der Waals surface area contributed by atoms with Gasteiger partial charge in [0.05, 0.1) is 23.8 Å². The minimum Gasteiger partial charge on any atom is -0.481 e. The van der Waals surface area contributed by atoms with Gasteiger partial charge >= 0.3 is 12.4 Å². The average Bonchev–Trinajstić information content (AvgIpc) is 2.92. The average molecular weight is 580 g/mol. The Morgan fingerprint density at radius 1 is 0.805 bits per heavy atom. The normalized spacial score (nSPS) is 13.4. The van der Waals surface area contributed by atoms with Crippen LogP contribution in [0.1, 0.15) is 38.2 Å². The number of hydrogen-bond donors (Lipinski definition) is 1. The Hall–Kier alpha value is -4.48. The number of alkyl halides is 6. The number of amides is 1. The number of benzene rings is 3. The molecule has 0 radical (unpaired) electrons. The Morgan fingerprint density at radius 2 is 1.49 bits per heavy atom. The van der Waals surface area contributed by atoms with Crippen LogP contribution in [-0.4, -0.2) is 18.0 Å². The Labute approximate surface area is 228 Å². The van der Waals surface area contributed by atoms with Crippen molar-refractivity contribution in [2.75, 3.05) is 7.11 Å². The molecule has 12 heteroatoms. The zero-order chi connectivity index (χ0) is 30.0. The summed E-state index contributed by atoms with van der Waals surface area (Å²) in [6, 6.07) is 14.1. The number of nitrogens with one attached hydrogen (secondary N) is 1. The van der Waals surface area contributed by atoms with Crippen LogP contribution in [-0.2, 0) is 24.3 Å². The molecule has 4 aromatic rings. The van der Waals surface area contributed by atoms with Gasteiger partial charge in [0.25, 0.3) is 5.91 Å². The maximum Gasteiger partial charge on any atom is 0.419 e. The van der Waals surface area contributed by atoms with Crippen molar-refractivity contribution in [1.82, 2.24) is 10.3 Å². The van der Waals surface area contributed by atoms with Gasteiger partial charge in [-0.05, 0) is 53.6 Å². The van der Waals surface area contributed by atoms with Gasteiger partial charge in [0.15, 0.2) is 0 Å². The smallest absolute Gasteiger partial charge is 0.419 e. The van der Waals surface area contributed by atoms with Gasteiger partial charge in [-0.1, -0.05) is 30.3 Å². The number of hydrogen-bond acceptors (Lipinski definition) is 3. The molecular weight excluding hydrogens is 560 g/mol. The minimum absolute atomic E-state index is 0.0624. The minimum atomic E-state index is -5.13. The quantitative estimate of drug-likeness (QED) is 0.233. The molecule has 0 saturated heterocycles. The predicted molar refractivity (Wildman–Crippen MR) is 132 cm³/mol. The number of rotatable bonds is 7. The fraction of sp³-hybridized carbons (Fsp3) is 0.172. The topological polar surface area (TPSA) is 51.2 Å². The van der Waals surface area contributed by atoms with E-state index in [1.165, 1.54) is 25.4 Å². The van der Waals surface area contributed by atoms with Crippen molar-refractivity contribution in [3.05, 3.63) is 130 Å². The van der Waals surface area contributed by atoms with Crippen molar-refractivity contribution in [2.24, 2.45) is 0 Å². The first-order valence-electron chi connectivity index (χ1n) is 11.8. The van der Waals surface area contributed by atoms with Gasteiger partial charge in [0.1, 0.15) is 11.6 Å². The molecule has 4 rings (SSSR count). The van der Waals surface area contributed by atoms with E-state index < -0.39 is 52.1 Å². The van der Waals surface area contributed by atoms with Crippen LogP contribution in [0.3, 0.4) is 0 Å². The zero-order valence-corrected chi connectivity index (χ0v) is 21.1. The van der Waals surface area contributed by atoms with Crippen LogP contribution < -0.4 is 10.1 Å². The third-order valence-corrected chi connectivity index (χ3v) is 6.33. The van der Waals surface area contributed by atoms with Gasteiger partial charge in [-0.25, -0.2) is 13.8 Å². The molecule has 1 atom stereocenters. The van der Waals surface area contributed by atoms with Gasteiger partial charge in [-0.2, -0.15) is 26.3 Å². The van der Waals surface area contributed by atoms with E-state index in [0.29, 0.717) is 17.7 Å². The summed E-state index contributed by atoms with van der Waals surface area (Å²) in [7, 11) is 1.32. The predicted octanol–water partition coefficient (Wildman–Crippen LogP) is 7.32. The van der Waals surface area contributed by atoms with Crippen molar-refractivity contribution in [3.8, 4) is 5.88 Å². The molecule has 214 valence electrons. The highest BCUT2D eigenvalue weighted by Gasteiger charge is 2.41. The second kappa shape index (κ2) is 11.2. The molecule has 1 heterocycles. The third-order valence-electron chi connectivity index (χ3n) is 6.33. The fourth-order valence-electron chi connectivity index (χ4n) is 4.36. The lowest BCUT2D eigenvalue weighted by Crippen LogP contribution is -2.49. The number of pyridine rings is 1. The van der Waals surface area contributed by atoms with E-state index in [-0.39, 0.29) is 35.6 Å². The molecule has 0 aliphatic heterocycles. The Kier molecular flexibility index (Phi) is 8.05. The van der Waals surface area contributed by atoms with Gasteiger partial charge in [0.2, 0.25) is 5.88 Å². The molecule has 0 spiro atoms. The Bertz CT molecular complexity index is 1540. The fourth-order valence-corrected chi connectivity index (χ4v) is 4.36. The summed E-state index contributed by atoms with van der Waals surface area (Å²) in [5.74, 6) is -3.98. The molecule has 1 aromatic heterocycles. The highest BCUT2D eigenvalue weighted by Crippen LogP contribution is 2.39. The van der Waals surface area contributed by atoms with Crippen LogP contribution in [0.4, 0.5) is 35.1 Å². The van der Waals surface area contributed by atoms with Crippen LogP contribution in [0.5, 0.6) is 5.88 Å². The summed E-state index contributed by atoms with van der Waals surface area (Å²) >= 11 is 0. The number of carbonyl (C=O) groups is 1. The molecule has 0 aliphatic rings. The van der Waals surface area contributed by atoms with Crippen LogP contribution in [0.2, 0.25) is 0 Å². The lowest BCUT2D eigenvalue weighted by molar-refractivity contribution is -0.140. The molecule has 1 unspecified atom stereocenters. The molecule has 1 N–H and O–H groups in total. The van der Waals surface area contributed by atoms with Crippen LogP contribution in [0.25, 0.3) is 0 Å². The number of nitrogens with zero attached hydrogens (tertiary/aromatic N) is 1.